The Hall–Kier alpha value is -0.820. The molecule has 1 heteroatoms. The van der Waals surface area contributed by atoms with E-state index in [9.17, 15) is 5.11 Å². The van der Waals surface area contributed by atoms with Crippen LogP contribution in [-0.2, 0) is 5.41 Å². The number of benzene rings is 1. The van der Waals surface area contributed by atoms with Crippen molar-refractivity contribution in [1.29, 1.82) is 0 Å². The zero-order valence-electron chi connectivity index (χ0n) is 14.2. The van der Waals surface area contributed by atoms with Crippen molar-refractivity contribution < 1.29 is 5.11 Å². The number of unbranched alkanes of at least 4 members (excludes halogenated alkanes) is 3. The Labute approximate surface area is 136 Å². The van der Waals surface area contributed by atoms with Crippen LogP contribution < -0.4 is 0 Å². The van der Waals surface area contributed by atoms with E-state index in [1.54, 1.807) is 5.56 Å². The Morgan fingerprint density at radius 3 is 2.14 bits per heavy atom. The minimum absolute atomic E-state index is 0.0570. The number of aliphatic hydroxyl groups is 1. The standard InChI is InChI=1S/C21H32O/c1-2-3-4-8-11-19(22)21-15-12-20(13-16-21,14-17-21)18-9-6-5-7-10-18/h5-7,9-10,19,22H,2-4,8,11-17H2,1H3. The first-order valence-electron chi connectivity index (χ1n) is 9.44. The maximum Gasteiger partial charge on any atom is 0.0596 e. The Morgan fingerprint density at radius 1 is 0.909 bits per heavy atom. The van der Waals surface area contributed by atoms with Crippen LogP contribution in [0.5, 0.6) is 0 Å². The lowest BCUT2D eigenvalue weighted by Gasteiger charge is -2.55. The fraction of sp³-hybridized carbons (Fsp3) is 0.714. The molecule has 1 aromatic carbocycles. The van der Waals surface area contributed by atoms with Crippen molar-refractivity contribution in [3.8, 4) is 0 Å². The molecule has 0 radical (unpaired) electrons. The Bertz CT molecular complexity index is 440. The van der Waals surface area contributed by atoms with Crippen LogP contribution >= 0.6 is 0 Å². The van der Waals surface area contributed by atoms with Gasteiger partial charge in [0.25, 0.3) is 0 Å². The van der Waals surface area contributed by atoms with Gasteiger partial charge in [-0.05, 0) is 61.3 Å². The molecule has 122 valence electrons. The average molecular weight is 300 g/mol. The fourth-order valence-corrected chi connectivity index (χ4v) is 5.01. The summed E-state index contributed by atoms with van der Waals surface area (Å²) >= 11 is 0. The van der Waals surface area contributed by atoms with Gasteiger partial charge in [-0.1, -0.05) is 62.9 Å². The van der Waals surface area contributed by atoms with Crippen LogP contribution in [0.4, 0.5) is 0 Å². The van der Waals surface area contributed by atoms with Crippen molar-refractivity contribution in [3.63, 3.8) is 0 Å². The van der Waals surface area contributed by atoms with Gasteiger partial charge in [-0.15, -0.1) is 0 Å². The van der Waals surface area contributed by atoms with E-state index in [0.29, 0.717) is 5.41 Å². The molecule has 1 aromatic rings. The number of rotatable bonds is 7. The lowest BCUT2D eigenvalue weighted by Crippen LogP contribution is -2.49. The lowest BCUT2D eigenvalue weighted by atomic mass is 9.50. The van der Waals surface area contributed by atoms with Crippen molar-refractivity contribution in [2.75, 3.05) is 0 Å². The van der Waals surface area contributed by atoms with E-state index in [2.05, 4.69) is 37.3 Å². The van der Waals surface area contributed by atoms with E-state index in [1.807, 2.05) is 0 Å². The first kappa shape index (κ1) is 16.1. The molecular weight excluding hydrogens is 268 g/mol. The van der Waals surface area contributed by atoms with Gasteiger partial charge in [0.05, 0.1) is 6.10 Å². The van der Waals surface area contributed by atoms with Gasteiger partial charge < -0.3 is 5.11 Å². The van der Waals surface area contributed by atoms with E-state index in [-0.39, 0.29) is 11.5 Å². The highest BCUT2D eigenvalue weighted by molar-refractivity contribution is 5.28. The van der Waals surface area contributed by atoms with Crippen LogP contribution in [0, 0.1) is 5.41 Å². The highest BCUT2D eigenvalue weighted by Gasteiger charge is 2.51. The zero-order chi connectivity index (χ0) is 15.5. The average Bonchev–Trinajstić information content (AvgIpc) is 2.61. The predicted molar refractivity (Wildman–Crippen MR) is 93.0 cm³/mol. The molecule has 3 saturated carbocycles. The van der Waals surface area contributed by atoms with Gasteiger partial charge in [-0.25, -0.2) is 0 Å². The summed E-state index contributed by atoms with van der Waals surface area (Å²) in [7, 11) is 0. The van der Waals surface area contributed by atoms with Crippen LogP contribution in [0.2, 0.25) is 0 Å². The van der Waals surface area contributed by atoms with E-state index in [0.717, 1.165) is 6.42 Å². The van der Waals surface area contributed by atoms with Crippen LogP contribution in [-0.4, -0.2) is 11.2 Å². The molecule has 22 heavy (non-hydrogen) atoms. The summed E-state index contributed by atoms with van der Waals surface area (Å²) in [5, 5.41) is 10.8. The summed E-state index contributed by atoms with van der Waals surface area (Å²) in [6.45, 7) is 2.25. The van der Waals surface area contributed by atoms with Crippen molar-refractivity contribution in [1.82, 2.24) is 0 Å². The van der Waals surface area contributed by atoms with Crippen molar-refractivity contribution in [3.05, 3.63) is 35.9 Å². The van der Waals surface area contributed by atoms with E-state index in [1.165, 1.54) is 64.2 Å². The predicted octanol–water partition coefficient (Wildman–Crippen LogP) is 5.61. The summed E-state index contributed by atoms with van der Waals surface area (Å²) in [6, 6.07) is 11.1. The number of fused-ring (bicyclic) bond motifs is 3. The molecule has 3 aliphatic carbocycles. The van der Waals surface area contributed by atoms with Crippen LogP contribution in [0.25, 0.3) is 0 Å². The molecule has 1 N–H and O–H groups in total. The summed E-state index contributed by atoms with van der Waals surface area (Å²) < 4.78 is 0. The highest BCUT2D eigenvalue weighted by atomic mass is 16.3. The maximum atomic E-state index is 10.8. The van der Waals surface area contributed by atoms with Gasteiger partial charge in [0.2, 0.25) is 0 Å². The third kappa shape index (κ3) is 2.97. The first-order chi connectivity index (χ1) is 10.7. The zero-order valence-corrected chi connectivity index (χ0v) is 14.2. The lowest BCUT2D eigenvalue weighted by molar-refractivity contribution is -0.0682. The normalized spacial score (nSPS) is 32.1. The van der Waals surface area contributed by atoms with Gasteiger partial charge in [0, 0.05) is 0 Å². The van der Waals surface area contributed by atoms with Crippen molar-refractivity contribution in [2.45, 2.75) is 89.1 Å². The molecule has 3 fully saturated rings. The summed E-state index contributed by atoms with van der Waals surface area (Å²) in [6.07, 6.45) is 13.6. The van der Waals surface area contributed by atoms with Gasteiger partial charge >= 0.3 is 0 Å². The smallest absolute Gasteiger partial charge is 0.0596 e. The molecule has 1 unspecified atom stereocenters. The number of aliphatic hydroxyl groups excluding tert-OH is 1. The molecule has 0 aliphatic heterocycles. The quantitative estimate of drug-likeness (QED) is 0.649. The molecule has 0 heterocycles. The molecule has 0 aromatic heterocycles. The summed E-state index contributed by atoms with van der Waals surface area (Å²) in [5.41, 5.74) is 2.22. The second-order valence-corrected chi connectivity index (χ2v) is 7.87. The monoisotopic (exact) mass is 300 g/mol. The Morgan fingerprint density at radius 2 is 1.55 bits per heavy atom. The molecule has 1 nitrogen and oxygen atoms in total. The molecule has 1 atom stereocenters. The Kier molecular flexibility index (Phi) is 4.92. The topological polar surface area (TPSA) is 20.2 Å². The van der Waals surface area contributed by atoms with Crippen molar-refractivity contribution >= 4 is 0 Å². The van der Waals surface area contributed by atoms with Gasteiger partial charge in [-0.2, -0.15) is 0 Å². The minimum Gasteiger partial charge on any atom is -0.393 e. The van der Waals surface area contributed by atoms with E-state index >= 15 is 0 Å². The Balaban J connectivity index is 1.60. The fourth-order valence-electron chi connectivity index (χ4n) is 5.01. The minimum atomic E-state index is -0.0570. The molecule has 0 saturated heterocycles. The van der Waals surface area contributed by atoms with Gasteiger partial charge in [-0.3, -0.25) is 0 Å². The SMILES string of the molecule is CCCCCCC(O)C12CCC(c3ccccc3)(CC1)CC2. The van der Waals surface area contributed by atoms with Crippen LogP contribution in [0.1, 0.15) is 83.1 Å². The van der Waals surface area contributed by atoms with Gasteiger partial charge in [0.15, 0.2) is 0 Å². The van der Waals surface area contributed by atoms with Crippen molar-refractivity contribution in [2.24, 2.45) is 5.41 Å². The third-order valence-corrected chi connectivity index (χ3v) is 6.73. The first-order valence-corrected chi connectivity index (χ1v) is 9.44. The summed E-state index contributed by atoms with van der Waals surface area (Å²) in [4.78, 5) is 0. The van der Waals surface area contributed by atoms with Crippen LogP contribution in [0.3, 0.4) is 0 Å². The second kappa shape index (κ2) is 6.74. The summed E-state index contributed by atoms with van der Waals surface area (Å²) in [5.74, 6) is 0. The molecule has 3 aliphatic rings. The highest BCUT2D eigenvalue weighted by Crippen LogP contribution is 2.59. The largest absolute Gasteiger partial charge is 0.393 e. The molecule has 2 bridgehead atoms. The third-order valence-electron chi connectivity index (χ3n) is 6.73. The van der Waals surface area contributed by atoms with Gasteiger partial charge in [0.1, 0.15) is 0 Å². The number of hydrogen-bond donors (Lipinski definition) is 1. The maximum absolute atomic E-state index is 10.8. The number of hydrogen-bond acceptors (Lipinski definition) is 1. The molecule has 0 amide bonds. The molecular formula is C21H32O. The second-order valence-electron chi connectivity index (χ2n) is 7.87. The van der Waals surface area contributed by atoms with E-state index < -0.39 is 0 Å². The van der Waals surface area contributed by atoms with Crippen LogP contribution in [0.15, 0.2) is 30.3 Å². The van der Waals surface area contributed by atoms with E-state index in [4.69, 9.17) is 0 Å². The molecule has 0 spiro atoms. The molecule has 4 rings (SSSR count).